The van der Waals surface area contributed by atoms with Gasteiger partial charge in [0.15, 0.2) is 0 Å². The van der Waals surface area contributed by atoms with E-state index < -0.39 is 15.8 Å². The molecule has 0 unspecified atom stereocenters. The zero-order valence-corrected chi connectivity index (χ0v) is 12.5. The van der Waals surface area contributed by atoms with Crippen LogP contribution in [-0.4, -0.2) is 32.4 Å². The highest BCUT2D eigenvalue weighted by Crippen LogP contribution is 2.27. The maximum absolute atomic E-state index is 13.3. The van der Waals surface area contributed by atoms with Gasteiger partial charge in [-0.05, 0) is 56.3 Å². The molecule has 1 heterocycles. The number of benzene rings is 1. The molecular formula is C14H21FN2O2S. The van der Waals surface area contributed by atoms with Crippen LogP contribution in [0.15, 0.2) is 23.1 Å². The molecule has 0 aromatic heterocycles. The fraction of sp³-hybridized carbons (Fsp3) is 0.571. The molecule has 20 heavy (non-hydrogen) atoms. The Bertz CT molecular complexity index is 567. The monoisotopic (exact) mass is 300 g/mol. The smallest absolute Gasteiger partial charge is 0.243 e. The van der Waals surface area contributed by atoms with Gasteiger partial charge in [0, 0.05) is 13.1 Å². The van der Waals surface area contributed by atoms with E-state index >= 15 is 0 Å². The molecule has 0 amide bonds. The maximum atomic E-state index is 13.3. The third kappa shape index (κ3) is 3.19. The predicted octanol–water partition coefficient (Wildman–Crippen LogP) is 1.88. The fourth-order valence-corrected chi connectivity index (χ4v) is 4.37. The van der Waals surface area contributed by atoms with Crippen molar-refractivity contribution < 1.29 is 12.8 Å². The van der Waals surface area contributed by atoms with Crippen LogP contribution in [0, 0.1) is 18.7 Å². The summed E-state index contributed by atoms with van der Waals surface area (Å²) in [5.41, 5.74) is 6.11. The molecule has 1 saturated heterocycles. The van der Waals surface area contributed by atoms with Gasteiger partial charge in [0.05, 0.1) is 4.90 Å². The van der Waals surface area contributed by atoms with Gasteiger partial charge in [0.25, 0.3) is 0 Å². The van der Waals surface area contributed by atoms with Crippen LogP contribution in [0.1, 0.15) is 24.8 Å². The zero-order valence-electron chi connectivity index (χ0n) is 11.7. The molecule has 1 aliphatic heterocycles. The van der Waals surface area contributed by atoms with Gasteiger partial charge < -0.3 is 5.73 Å². The summed E-state index contributed by atoms with van der Waals surface area (Å²) in [6.07, 6.45) is 2.59. The molecule has 0 atom stereocenters. The van der Waals surface area contributed by atoms with E-state index in [9.17, 15) is 12.8 Å². The van der Waals surface area contributed by atoms with E-state index in [0.29, 0.717) is 31.1 Å². The SMILES string of the molecule is Cc1ccc(F)cc1S(=O)(=O)N1CCC(CCN)CC1. The Morgan fingerprint density at radius 3 is 2.60 bits per heavy atom. The second-order valence-electron chi connectivity index (χ2n) is 5.33. The molecule has 112 valence electrons. The molecule has 0 radical (unpaired) electrons. The van der Waals surface area contributed by atoms with E-state index in [-0.39, 0.29) is 4.90 Å². The van der Waals surface area contributed by atoms with Crippen LogP contribution in [0.4, 0.5) is 4.39 Å². The summed E-state index contributed by atoms with van der Waals surface area (Å²) >= 11 is 0. The highest BCUT2D eigenvalue weighted by Gasteiger charge is 2.30. The van der Waals surface area contributed by atoms with Gasteiger partial charge in [-0.15, -0.1) is 0 Å². The van der Waals surface area contributed by atoms with E-state index in [0.717, 1.165) is 25.3 Å². The van der Waals surface area contributed by atoms with Crippen LogP contribution in [0.3, 0.4) is 0 Å². The quantitative estimate of drug-likeness (QED) is 0.923. The molecule has 1 aromatic carbocycles. The lowest BCUT2D eigenvalue weighted by atomic mass is 9.95. The number of hydrogen-bond acceptors (Lipinski definition) is 3. The Morgan fingerprint density at radius 2 is 2.00 bits per heavy atom. The number of sulfonamides is 1. The molecule has 0 bridgehead atoms. The molecule has 0 saturated carbocycles. The van der Waals surface area contributed by atoms with E-state index in [1.54, 1.807) is 6.92 Å². The first-order valence-electron chi connectivity index (χ1n) is 6.91. The molecule has 0 spiro atoms. The standard InChI is InChI=1S/C14H21FN2O2S/c1-11-2-3-13(15)10-14(11)20(18,19)17-8-5-12(4-7-16)6-9-17/h2-3,10,12H,4-9,16H2,1H3. The number of hydrogen-bond donors (Lipinski definition) is 1. The van der Waals surface area contributed by atoms with Crippen molar-refractivity contribution in [3.05, 3.63) is 29.6 Å². The van der Waals surface area contributed by atoms with Gasteiger partial charge in [-0.1, -0.05) is 6.07 Å². The summed E-state index contributed by atoms with van der Waals surface area (Å²) in [7, 11) is -3.59. The Labute approximate surface area is 119 Å². The normalized spacial score (nSPS) is 18.4. The fourth-order valence-electron chi connectivity index (χ4n) is 2.66. The molecule has 1 aliphatic rings. The molecule has 4 nitrogen and oxygen atoms in total. The van der Waals surface area contributed by atoms with Crippen molar-refractivity contribution in [1.82, 2.24) is 4.31 Å². The molecule has 2 rings (SSSR count). The Morgan fingerprint density at radius 1 is 1.35 bits per heavy atom. The summed E-state index contributed by atoms with van der Waals surface area (Å²) in [6.45, 7) is 3.31. The number of rotatable bonds is 4. The Kier molecular flexibility index (Phi) is 4.78. The molecule has 6 heteroatoms. The van der Waals surface area contributed by atoms with Crippen LogP contribution in [0.5, 0.6) is 0 Å². The van der Waals surface area contributed by atoms with Crippen molar-refractivity contribution >= 4 is 10.0 Å². The lowest BCUT2D eigenvalue weighted by molar-refractivity contribution is 0.265. The van der Waals surface area contributed by atoms with Crippen molar-refractivity contribution in [3.8, 4) is 0 Å². The van der Waals surface area contributed by atoms with Crippen molar-refractivity contribution in [1.29, 1.82) is 0 Å². The lowest BCUT2D eigenvalue weighted by Crippen LogP contribution is -2.39. The van der Waals surface area contributed by atoms with Gasteiger partial charge in [-0.2, -0.15) is 4.31 Å². The first-order chi connectivity index (χ1) is 9.45. The predicted molar refractivity (Wildman–Crippen MR) is 76.3 cm³/mol. The third-order valence-corrected chi connectivity index (χ3v) is 5.96. The van der Waals surface area contributed by atoms with E-state index in [1.807, 2.05) is 0 Å². The van der Waals surface area contributed by atoms with Crippen molar-refractivity contribution in [2.24, 2.45) is 11.7 Å². The van der Waals surface area contributed by atoms with Gasteiger partial charge >= 0.3 is 0 Å². The topological polar surface area (TPSA) is 63.4 Å². The second-order valence-corrected chi connectivity index (χ2v) is 7.24. The highest BCUT2D eigenvalue weighted by atomic mass is 32.2. The van der Waals surface area contributed by atoms with Gasteiger partial charge in [-0.3, -0.25) is 0 Å². The third-order valence-electron chi connectivity index (χ3n) is 3.92. The van der Waals surface area contributed by atoms with E-state index in [2.05, 4.69) is 0 Å². The average Bonchev–Trinajstić information content (AvgIpc) is 2.42. The summed E-state index contributed by atoms with van der Waals surface area (Å²) in [4.78, 5) is 0.0785. The van der Waals surface area contributed by atoms with Crippen molar-refractivity contribution in [3.63, 3.8) is 0 Å². The Hall–Kier alpha value is -0.980. The number of piperidine rings is 1. The van der Waals surface area contributed by atoms with E-state index in [1.165, 1.54) is 16.4 Å². The molecule has 1 aromatic rings. The molecule has 1 fully saturated rings. The van der Waals surface area contributed by atoms with Gasteiger partial charge in [0.1, 0.15) is 5.82 Å². The van der Waals surface area contributed by atoms with Crippen LogP contribution < -0.4 is 5.73 Å². The number of aryl methyl sites for hydroxylation is 1. The molecule has 0 aliphatic carbocycles. The minimum Gasteiger partial charge on any atom is -0.330 e. The average molecular weight is 300 g/mol. The minimum absolute atomic E-state index is 0.0785. The van der Waals surface area contributed by atoms with Crippen molar-refractivity contribution in [2.45, 2.75) is 31.1 Å². The minimum atomic E-state index is -3.59. The maximum Gasteiger partial charge on any atom is 0.243 e. The highest BCUT2D eigenvalue weighted by molar-refractivity contribution is 7.89. The van der Waals surface area contributed by atoms with Gasteiger partial charge in [0.2, 0.25) is 10.0 Å². The Balaban J connectivity index is 2.18. The molecule has 2 N–H and O–H groups in total. The van der Waals surface area contributed by atoms with Crippen LogP contribution in [0.2, 0.25) is 0 Å². The number of nitrogens with two attached hydrogens (primary N) is 1. The van der Waals surface area contributed by atoms with Crippen LogP contribution >= 0.6 is 0 Å². The number of nitrogens with zero attached hydrogens (tertiary/aromatic N) is 1. The summed E-state index contributed by atoms with van der Waals surface area (Å²) < 4.78 is 39.9. The second kappa shape index (κ2) is 6.20. The first kappa shape index (κ1) is 15.4. The summed E-state index contributed by atoms with van der Waals surface area (Å²) in [5.74, 6) is -0.0211. The molecular weight excluding hydrogens is 279 g/mol. The van der Waals surface area contributed by atoms with E-state index in [4.69, 9.17) is 5.73 Å². The summed E-state index contributed by atoms with van der Waals surface area (Å²) in [5, 5.41) is 0. The number of halogens is 1. The summed E-state index contributed by atoms with van der Waals surface area (Å²) in [6, 6.07) is 3.89. The van der Waals surface area contributed by atoms with Crippen LogP contribution in [-0.2, 0) is 10.0 Å². The van der Waals surface area contributed by atoms with Crippen LogP contribution in [0.25, 0.3) is 0 Å². The zero-order chi connectivity index (χ0) is 14.8. The van der Waals surface area contributed by atoms with Gasteiger partial charge in [-0.25, -0.2) is 12.8 Å². The first-order valence-corrected chi connectivity index (χ1v) is 8.35. The van der Waals surface area contributed by atoms with Crippen molar-refractivity contribution in [2.75, 3.05) is 19.6 Å². The lowest BCUT2D eigenvalue weighted by Gasteiger charge is -2.31. The largest absolute Gasteiger partial charge is 0.330 e.